The number of sulfonamides is 1. The van der Waals surface area contributed by atoms with E-state index in [9.17, 15) is 8.42 Å². The van der Waals surface area contributed by atoms with Gasteiger partial charge >= 0.3 is 0 Å². The normalized spacial score (nSPS) is 19.4. The van der Waals surface area contributed by atoms with Crippen LogP contribution in [0.2, 0.25) is 0 Å². The van der Waals surface area contributed by atoms with Crippen LogP contribution in [0, 0.1) is 0 Å². The summed E-state index contributed by atoms with van der Waals surface area (Å²) in [5.41, 5.74) is 1.13. The van der Waals surface area contributed by atoms with Crippen LogP contribution in [0.4, 0.5) is 0 Å². The summed E-state index contributed by atoms with van der Waals surface area (Å²) in [5, 5.41) is 3.58. The third kappa shape index (κ3) is 4.18. The largest absolute Gasteiger partial charge is 0.496 e. The molecule has 1 aliphatic rings. The van der Waals surface area contributed by atoms with Crippen LogP contribution in [0.25, 0.3) is 0 Å². The topological polar surface area (TPSA) is 58.6 Å². The summed E-state index contributed by atoms with van der Waals surface area (Å²) < 4.78 is 30.0. The van der Waals surface area contributed by atoms with Crippen molar-refractivity contribution in [2.75, 3.05) is 26.5 Å². The number of nitrogens with one attached hydrogen (secondary N) is 1. The summed E-state index contributed by atoms with van der Waals surface area (Å²) in [6.45, 7) is 3.30. The molecule has 0 spiro atoms. The standard InChI is InChI=1S/C15H24N2O3S/c1-12(14-6-4-5-7-15(14)20-2)16-13-8-10-17(11-9-13)21(3,18)19/h4-7,12-13,16H,8-11H2,1-3H3. The molecule has 0 aliphatic carbocycles. The summed E-state index contributed by atoms with van der Waals surface area (Å²) in [4.78, 5) is 0. The van der Waals surface area contributed by atoms with Crippen LogP contribution in [0.5, 0.6) is 5.75 Å². The fraction of sp³-hybridized carbons (Fsp3) is 0.600. The summed E-state index contributed by atoms with van der Waals surface area (Å²) >= 11 is 0. The molecule has 1 aliphatic heterocycles. The van der Waals surface area contributed by atoms with Gasteiger partial charge in [0.05, 0.1) is 13.4 Å². The second kappa shape index (κ2) is 6.77. The van der Waals surface area contributed by atoms with Crippen LogP contribution in [0.15, 0.2) is 24.3 Å². The third-order valence-corrected chi connectivity index (χ3v) is 5.32. The first kappa shape index (κ1) is 16.3. The zero-order valence-corrected chi connectivity index (χ0v) is 13.7. The van der Waals surface area contributed by atoms with Gasteiger partial charge < -0.3 is 10.1 Å². The highest BCUT2D eigenvalue weighted by Gasteiger charge is 2.26. The van der Waals surface area contributed by atoms with Crippen molar-refractivity contribution >= 4 is 10.0 Å². The lowest BCUT2D eigenvalue weighted by Crippen LogP contribution is -2.45. The van der Waals surface area contributed by atoms with E-state index in [2.05, 4.69) is 18.3 Å². The second-order valence-corrected chi connectivity index (χ2v) is 7.55. The van der Waals surface area contributed by atoms with E-state index in [0.717, 1.165) is 24.2 Å². The van der Waals surface area contributed by atoms with Gasteiger partial charge in [-0.2, -0.15) is 0 Å². The maximum absolute atomic E-state index is 11.5. The third-order valence-electron chi connectivity index (χ3n) is 4.01. The van der Waals surface area contributed by atoms with Crippen molar-refractivity contribution in [2.45, 2.75) is 31.8 Å². The van der Waals surface area contributed by atoms with Gasteiger partial charge in [-0.1, -0.05) is 18.2 Å². The van der Waals surface area contributed by atoms with Crippen molar-refractivity contribution in [1.29, 1.82) is 0 Å². The van der Waals surface area contributed by atoms with E-state index >= 15 is 0 Å². The second-order valence-electron chi connectivity index (χ2n) is 5.57. The van der Waals surface area contributed by atoms with Crippen molar-refractivity contribution < 1.29 is 13.2 Å². The molecule has 1 N–H and O–H groups in total. The van der Waals surface area contributed by atoms with Gasteiger partial charge in [0.15, 0.2) is 0 Å². The molecule has 0 amide bonds. The SMILES string of the molecule is COc1ccccc1C(C)NC1CCN(S(C)(=O)=O)CC1. The lowest BCUT2D eigenvalue weighted by atomic mass is 10.0. The summed E-state index contributed by atoms with van der Waals surface area (Å²) in [6, 6.07) is 8.49. The molecule has 1 fully saturated rings. The number of benzene rings is 1. The van der Waals surface area contributed by atoms with Gasteiger partial charge in [-0.05, 0) is 25.8 Å². The molecule has 1 aromatic carbocycles. The lowest BCUT2D eigenvalue weighted by Gasteiger charge is -2.32. The maximum Gasteiger partial charge on any atom is 0.211 e. The van der Waals surface area contributed by atoms with Crippen molar-refractivity contribution in [3.63, 3.8) is 0 Å². The molecule has 0 radical (unpaired) electrons. The van der Waals surface area contributed by atoms with Crippen LogP contribution >= 0.6 is 0 Å². The summed E-state index contributed by atoms with van der Waals surface area (Å²) in [7, 11) is -1.38. The minimum Gasteiger partial charge on any atom is -0.496 e. The maximum atomic E-state index is 11.5. The quantitative estimate of drug-likeness (QED) is 0.900. The van der Waals surface area contributed by atoms with E-state index in [0.29, 0.717) is 19.1 Å². The van der Waals surface area contributed by atoms with Gasteiger partial charge in [-0.25, -0.2) is 12.7 Å². The number of hydrogen-bond donors (Lipinski definition) is 1. The van der Waals surface area contributed by atoms with Crippen LogP contribution < -0.4 is 10.1 Å². The van der Waals surface area contributed by atoms with E-state index in [1.54, 1.807) is 11.4 Å². The molecule has 6 heteroatoms. The predicted octanol–water partition coefficient (Wildman–Crippen LogP) is 1.77. The Morgan fingerprint density at radius 2 is 1.90 bits per heavy atom. The molecular formula is C15H24N2O3S. The Hall–Kier alpha value is -1.11. The summed E-state index contributed by atoms with van der Waals surface area (Å²) in [6.07, 6.45) is 2.96. The molecule has 118 valence electrons. The van der Waals surface area contributed by atoms with E-state index in [1.165, 1.54) is 6.26 Å². The van der Waals surface area contributed by atoms with E-state index < -0.39 is 10.0 Å². The van der Waals surface area contributed by atoms with Crippen LogP contribution in [0.1, 0.15) is 31.4 Å². The van der Waals surface area contributed by atoms with Crippen molar-refractivity contribution in [1.82, 2.24) is 9.62 Å². The molecule has 21 heavy (non-hydrogen) atoms. The first-order chi connectivity index (χ1) is 9.91. The molecule has 0 bridgehead atoms. The van der Waals surface area contributed by atoms with Gasteiger partial charge in [0.2, 0.25) is 10.0 Å². The number of nitrogens with zero attached hydrogens (tertiary/aromatic N) is 1. The van der Waals surface area contributed by atoms with Gasteiger partial charge in [-0.3, -0.25) is 0 Å². The molecule has 0 aromatic heterocycles. The molecule has 2 rings (SSSR count). The Labute approximate surface area is 127 Å². The Morgan fingerprint density at radius 3 is 2.48 bits per heavy atom. The molecule has 1 saturated heterocycles. The first-order valence-corrected chi connectivity index (χ1v) is 9.10. The monoisotopic (exact) mass is 312 g/mol. The van der Waals surface area contributed by atoms with Gasteiger partial charge in [-0.15, -0.1) is 0 Å². The Bertz CT molecular complexity index is 566. The average molecular weight is 312 g/mol. The molecule has 1 unspecified atom stereocenters. The highest BCUT2D eigenvalue weighted by Crippen LogP contribution is 2.26. The molecule has 1 atom stereocenters. The minimum atomic E-state index is -3.06. The number of ether oxygens (including phenoxy) is 1. The van der Waals surface area contributed by atoms with Crippen molar-refractivity contribution in [2.24, 2.45) is 0 Å². The van der Waals surface area contributed by atoms with E-state index in [4.69, 9.17) is 4.74 Å². The lowest BCUT2D eigenvalue weighted by molar-refractivity contribution is 0.276. The highest BCUT2D eigenvalue weighted by atomic mass is 32.2. The van der Waals surface area contributed by atoms with Crippen molar-refractivity contribution in [3.8, 4) is 5.75 Å². The highest BCUT2D eigenvalue weighted by molar-refractivity contribution is 7.88. The molecule has 1 aromatic rings. The predicted molar refractivity (Wildman–Crippen MR) is 84.0 cm³/mol. The fourth-order valence-corrected chi connectivity index (χ4v) is 3.70. The van der Waals surface area contributed by atoms with Crippen LogP contribution in [-0.4, -0.2) is 45.2 Å². The van der Waals surface area contributed by atoms with Gasteiger partial charge in [0.1, 0.15) is 5.75 Å². The minimum absolute atomic E-state index is 0.177. The number of rotatable bonds is 5. The van der Waals surface area contributed by atoms with Crippen LogP contribution in [-0.2, 0) is 10.0 Å². The van der Waals surface area contributed by atoms with Crippen molar-refractivity contribution in [3.05, 3.63) is 29.8 Å². The fourth-order valence-electron chi connectivity index (χ4n) is 2.82. The molecule has 1 heterocycles. The number of hydrogen-bond acceptors (Lipinski definition) is 4. The Balaban J connectivity index is 1.94. The number of para-hydroxylation sites is 1. The van der Waals surface area contributed by atoms with Gasteiger partial charge in [0, 0.05) is 30.7 Å². The molecular weight excluding hydrogens is 288 g/mol. The summed E-state index contributed by atoms with van der Waals surface area (Å²) in [5.74, 6) is 0.881. The number of methoxy groups -OCH3 is 1. The van der Waals surface area contributed by atoms with E-state index in [1.807, 2.05) is 18.2 Å². The van der Waals surface area contributed by atoms with Gasteiger partial charge in [0.25, 0.3) is 0 Å². The zero-order valence-electron chi connectivity index (χ0n) is 12.9. The Kier molecular flexibility index (Phi) is 5.24. The Morgan fingerprint density at radius 1 is 1.29 bits per heavy atom. The van der Waals surface area contributed by atoms with Crippen LogP contribution in [0.3, 0.4) is 0 Å². The zero-order chi connectivity index (χ0) is 15.5. The number of piperidine rings is 1. The average Bonchev–Trinajstić information content (AvgIpc) is 2.46. The molecule has 0 saturated carbocycles. The smallest absolute Gasteiger partial charge is 0.211 e. The molecule has 5 nitrogen and oxygen atoms in total. The van der Waals surface area contributed by atoms with E-state index in [-0.39, 0.29) is 6.04 Å². The first-order valence-electron chi connectivity index (χ1n) is 7.26.